The van der Waals surface area contributed by atoms with E-state index in [-0.39, 0.29) is 5.82 Å². The van der Waals surface area contributed by atoms with Crippen LogP contribution in [0.2, 0.25) is 0 Å². The van der Waals surface area contributed by atoms with Gasteiger partial charge in [-0.25, -0.2) is 4.39 Å². The van der Waals surface area contributed by atoms with E-state index in [1.165, 1.54) is 12.1 Å². The molecule has 1 aliphatic rings. The average molecular weight is 260 g/mol. The number of likely N-dealkylation sites (tertiary alicyclic amines) is 1. The van der Waals surface area contributed by atoms with Crippen LogP contribution in [0.5, 0.6) is 0 Å². The van der Waals surface area contributed by atoms with Crippen molar-refractivity contribution in [3.63, 3.8) is 0 Å². The standard InChI is InChI=1S/C16H21FN2/c1-13-7-9-19(10-8-13)16(2,12-18)11-14-3-5-15(17)6-4-14/h3-6,13H,7-11H2,1-2H3. The molecule has 19 heavy (non-hydrogen) atoms. The maximum Gasteiger partial charge on any atom is 0.123 e. The van der Waals surface area contributed by atoms with Gasteiger partial charge in [-0.05, 0) is 56.5 Å². The van der Waals surface area contributed by atoms with Crippen LogP contribution in [0.3, 0.4) is 0 Å². The molecule has 1 aromatic carbocycles. The van der Waals surface area contributed by atoms with Gasteiger partial charge in [0, 0.05) is 6.42 Å². The first-order valence-electron chi connectivity index (χ1n) is 6.94. The molecule has 1 aliphatic heterocycles. The van der Waals surface area contributed by atoms with Crippen LogP contribution in [0.25, 0.3) is 0 Å². The largest absolute Gasteiger partial charge is 0.285 e. The van der Waals surface area contributed by atoms with E-state index in [1.807, 2.05) is 6.92 Å². The van der Waals surface area contributed by atoms with Crippen molar-refractivity contribution < 1.29 is 4.39 Å². The van der Waals surface area contributed by atoms with E-state index in [0.717, 1.165) is 37.4 Å². The summed E-state index contributed by atoms with van der Waals surface area (Å²) in [6, 6.07) is 8.94. The normalized spacial score (nSPS) is 20.7. The van der Waals surface area contributed by atoms with Crippen LogP contribution in [-0.2, 0) is 6.42 Å². The van der Waals surface area contributed by atoms with E-state index in [1.54, 1.807) is 12.1 Å². The number of rotatable bonds is 3. The Morgan fingerprint density at radius 3 is 2.42 bits per heavy atom. The lowest BCUT2D eigenvalue weighted by molar-refractivity contribution is 0.103. The van der Waals surface area contributed by atoms with Crippen LogP contribution in [0.4, 0.5) is 4.39 Å². The Balaban J connectivity index is 2.09. The number of benzene rings is 1. The molecule has 0 aromatic heterocycles. The lowest BCUT2D eigenvalue weighted by Gasteiger charge is -2.40. The lowest BCUT2D eigenvalue weighted by Crippen LogP contribution is -2.50. The Labute approximate surface area is 114 Å². The molecule has 0 N–H and O–H groups in total. The number of hydrogen-bond donors (Lipinski definition) is 0. The van der Waals surface area contributed by atoms with Crippen LogP contribution >= 0.6 is 0 Å². The Kier molecular flexibility index (Phi) is 4.21. The van der Waals surface area contributed by atoms with E-state index in [2.05, 4.69) is 17.9 Å². The zero-order chi connectivity index (χ0) is 13.9. The second kappa shape index (κ2) is 5.71. The van der Waals surface area contributed by atoms with Crippen molar-refractivity contribution in [2.24, 2.45) is 5.92 Å². The molecule has 0 bridgehead atoms. The highest BCUT2D eigenvalue weighted by Crippen LogP contribution is 2.26. The Morgan fingerprint density at radius 1 is 1.32 bits per heavy atom. The summed E-state index contributed by atoms with van der Waals surface area (Å²) in [4.78, 5) is 2.27. The van der Waals surface area contributed by atoms with Crippen LogP contribution in [-0.4, -0.2) is 23.5 Å². The number of nitriles is 1. The summed E-state index contributed by atoms with van der Waals surface area (Å²) >= 11 is 0. The molecule has 0 amide bonds. The molecule has 3 heteroatoms. The van der Waals surface area contributed by atoms with Crippen molar-refractivity contribution in [2.45, 2.75) is 38.6 Å². The van der Waals surface area contributed by atoms with Crippen molar-refractivity contribution in [1.29, 1.82) is 5.26 Å². The third-order valence-corrected chi connectivity index (χ3v) is 4.18. The monoisotopic (exact) mass is 260 g/mol. The molecule has 0 saturated carbocycles. The second-order valence-electron chi connectivity index (χ2n) is 5.86. The maximum atomic E-state index is 12.9. The van der Waals surface area contributed by atoms with Crippen molar-refractivity contribution in [1.82, 2.24) is 4.90 Å². The topological polar surface area (TPSA) is 27.0 Å². The molecule has 1 fully saturated rings. The van der Waals surface area contributed by atoms with Crippen LogP contribution in [0, 0.1) is 23.1 Å². The summed E-state index contributed by atoms with van der Waals surface area (Å²) in [5.41, 5.74) is 0.530. The first kappa shape index (κ1) is 14.0. The van der Waals surface area contributed by atoms with E-state index >= 15 is 0 Å². The second-order valence-corrected chi connectivity index (χ2v) is 5.86. The van der Waals surface area contributed by atoms with E-state index in [0.29, 0.717) is 6.42 Å². The zero-order valence-electron chi connectivity index (χ0n) is 11.7. The van der Waals surface area contributed by atoms with Crippen molar-refractivity contribution in [3.05, 3.63) is 35.6 Å². The molecule has 1 aromatic rings. The van der Waals surface area contributed by atoms with Gasteiger partial charge in [0.2, 0.25) is 0 Å². The summed E-state index contributed by atoms with van der Waals surface area (Å²) in [5, 5.41) is 9.55. The fourth-order valence-corrected chi connectivity index (χ4v) is 2.72. The summed E-state index contributed by atoms with van der Waals surface area (Å²) in [6.45, 7) is 6.21. The SMILES string of the molecule is CC1CCN(C(C)(C#N)Cc2ccc(F)cc2)CC1. The molecule has 1 heterocycles. The molecule has 102 valence electrons. The molecule has 1 atom stereocenters. The summed E-state index contributed by atoms with van der Waals surface area (Å²) < 4.78 is 12.9. The quantitative estimate of drug-likeness (QED) is 0.833. The highest BCUT2D eigenvalue weighted by atomic mass is 19.1. The predicted molar refractivity (Wildman–Crippen MR) is 74.1 cm³/mol. The van der Waals surface area contributed by atoms with Gasteiger partial charge in [-0.2, -0.15) is 5.26 Å². The Morgan fingerprint density at radius 2 is 1.89 bits per heavy atom. The molecule has 0 radical (unpaired) electrons. The van der Waals surface area contributed by atoms with Gasteiger partial charge in [0.25, 0.3) is 0 Å². The average Bonchev–Trinajstić information content (AvgIpc) is 2.42. The molecular formula is C16H21FN2. The smallest absolute Gasteiger partial charge is 0.123 e. The van der Waals surface area contributed by atoms with Crippen molar-refractivity contribution >= 4 is 0 Å². The lowest BCUT2D eigenvalue weighted by atomic mass is 9.88. The molecule has 1 unspecified atom stereocenters. The van der Waals surface area contributed by atoms with Gasteiger partial charge in [0.1, 0.15) is 11.4 Å². The number of hydrogen-bond acceptors (Lipinski definition) is 2. The van der Waals surface area contributed by atoms with Gasteiger partial charge >= 0.3 is 0 Å². The molecule has 2 rings (SSSR count). The number of nitrogens with zero attached hydrogens (tertiary/aromatic N) is 2. The first-order chi connectivity index (χ1) is 9.03. The highest BCUT2D eigenvalue weighted by molar-refractivity contribution is 5.22. The van der Waals surface area contributed by atoms with Gasteiger partial charge in [0.05, 0.1) is 6.07 Å². The molecule has 2 nitrogen and oxygen atoms in total. The van der Waals surface area contributed by atoms with Crippen molar-refractivity contribution in [2.75, 3.05) is 13.1 Å². The third kappa shape index (κ3) is 3.33. The molecular weight excluding hydrogens is 239 g/mol. The molecule has 0 aliphatic carbocycles. The van der Waals surface area contributed by atoms with E-state index in [9.17, 15) is 9.65 Å². The third-order valence-electron chi connectivity index (χ3n) is 4.18. The maximum absolute atomic E-state index is 12.9. The fraction of sp³-hybridized carbons (Fsp3) is 0.562. The van der Waals surface area contributed by atoms with E-state index < -0.39 is 5.54 Å². The Hall–Kier alpha value is -1.40. The fourth-order valence-electron chi connectivity index (χ4n) is 2.72. The number of piperidine rings is 1. The van der Waals surface area contributed by atoms with Crippen molar-refractivity contribution in [3.8, 4) is 6.07 Å². The van der Waals surface area contributed by atoms with Crippen LogP contribution in [0.15, 0.2) is 24.3 Å². The van der Waals surface area contributed by atoms with Gasteiger partial charge < -0.3 is 0 Å². The van der Waals surface area contributed by atoms with Gasteiger partial charge in [-0.15, -0.1) is 0 Å². The zero-order valence-corrected chi connectivity index (χ0v) is 11.7. The summed E-state index contributed by atoms with van der Waals surface area (Å²) in [5.74, 6) is 0.527. The van der Waals surface area contributed by atoms with E-state index in [4.69, 9.17) is 0 Å². The van der Waals surface area contributed by atoms with Gasteiger partial charge in [0.15, 0.2) is 0 Å². The van der Waals surface area contributed by atoms with Crippen LogP contribution in [0.1, 0.15) is 32.3 Å². The predicted octanol–water partition coefficient (Wildman–Crippen LogP) is 3.38. The summed E-state index contributed by atoms with van der Waals surface area (Å²) in [6.07, 6.45) is 2.96. The minimum atomic E-state index is -0.488. The first-order valence-corrected chi connectivity index (χ1v) is 6.94. The Bertz CT molecular complexity index is 455. The van der Waals surface area contributed by atoms with Gasteiger partial charge in [-0.1, -0.05) is 19.1 Å². The number of halogens is 1. The minimum Gasteiger partial charge on any atom is -0.285 e. The highest BCUT2D eigenvalue weighted by Gasteiger charge is 2.34. The van der Waals surface area contributed by atoms with Crippen LogP contribution < -0.4 is 0 Å². The van der Waals surface area contributed by atoms with Gasteiger partial charge in [-0.3, -0.25) is 4.90 Å². The molecule has 0 spiro atoms. The minimum absolute atomic E-state index is 0.228. The summed E-state index contributed by atoms with van der Waals surface area (Å²) in [7, 11) is 0. The molecule has 1 saturated heterocycles.